The molecule has 1 amide bonds. The molecule has 0 aromatic rings. The predicted octanol–water partition coefficient (Wildman–Crippen LogP) is 19.6. The smallest absolute Gasteiger partial charge is 0.306 e. The number of quaternary nitrogens is 1. The van der Waals surface area contributed by atoms with E-state index in [1.54, 1.807) is 0 Å². The van der Waals surface area contributed by atoms with Crippen molar-refractivity contribution in [3.8, 4) is 0 Å². The summed E-state index contributed by atoms with van der Waals surface area (Å²) in [5, 5.41) is 3.01. The molecule has 1 N–H and O–H groups in total. The minimum Gasteiger partial charge on any atom is -0.756 e. The molecule has 0 heterocycles. The summed E-state index contributed by atoms with van der Waals surface area (Å²) in [6.45, 7) is 6.55. The summed E-state index contributed by atoms with van der Waals surface area (Å²) < 4.78 is 30.3. The van der Waals surface area contributed by atoms with E-state index >= 15 is 0 Å². The van der Waals surface area contributed by atoms with Crippen molar-refractivity contribution in [3.63, 3.8) is 0 Å². The third kappa shape index (κ3) is 60.3. The number of allylic oxidation sites excluding steroid dienone is 23. The number of unbranched alkanes of at least 4 members (excludes halogenated alkanes) is 18. The summed E-state index contributed by atoms with van der Waals surface area (Å²) in [7, 11) is 1.12. The van der Waals surface area contributed by atoms with E-state index in [0.717, 1.165) is 135 Å². The van der Waals surface area contributed by atoms with Crippen LogP contribution in [0.1, 0.15) is 239 Å². The highest BCUT2D eigenvalue weighted by atomic mass is 31.2. The minimum absolute atomic E-state index is 0.0422. The van der Waals surface area contributed by atoms with Gasteiger partial charge in [-0.25, -0.2) is 0 Å². The molecular formula is C71H119N2O7P. The molecular weight excluding hydrogens is 1020 g/mol. The molecule has 0 aliphatic carbocycles. The first-order valence-corrected chi connectivity index (χ1v) is 33.6. The van der Waals surface area contributed by atoms with Gasteiger partial charge in [0.1, 0.15) is 19.3 Å². The molecule has 0 fully saturated rings. The van der Waals surface area contributed by atoms with Gasteiger partial charge in [-0.2, -0.15) is 0 Å². The normalized spacial score (nSPS) is 14.6. The number of carbonyl (C=O) groups excluding carboxylic acids is 2. The largest absolute Gasteiger partial charge is 0.756 e. The fourth-order valence-electron chi connectivity index (χ4n) is 8.37. The van der Waals surface area contributed by atoms with Crippen LogP contribution in [0.2, 0.25) is 0 Å². The van der Waals surface area contributed by atoms with E-state index in [1.807, 2.05) is 33.3 Å². The van der Waals surface area contributed by atoms with Crippen LogP contribution < -0.4 is 10.2 Å². The third-order valence-corrected chi connectivity index (χ3v) is 14.2. The number of carbonyl (C=O) groups is 2. The molecule has 0 radical (unpaired) electrons. The first kappa shape index (κ1) is 76.9. The van der Waals surface area contributed by atoms with E-state index in [-0.39, 0.29) is 25.4 Å². The first-order valence-electron chi connectivity index (χ1n) is 32.1. The Bertz CT molecular complexity index is 1890. The molecule has 10 heteroatoms. The lowest BCUT2D eigenvalue weighted by molar-refractivity contribution is -0.870. The van der Waals surface area contributed by atoms with Crippen molar-refractivity contribution in [2.75, 3.05) is 40.9 Å². The summed E-state index contributed by atoms with van der Waals surface area (Å²) in [4.78, 5) is 40.1. The zero-order valence-electron chi connectivity index (χ0n) is 52.4. The highest BCUT2D eigenvalue weighted by molar-refractivity contribution is 7.45. The lowest BCUT2D eigenvalue weighted by Crippen LogP contribution is -2.47. The van der Waals surface area contributed by atoms with Crippen LogP contribution in [-0.2, 0) is 27.9 Å². The van der Waals surface area contributed by atoms with Gasteiger partial charge in [0.2, 0.25) is 5.91 Å². The average Bonchev–Trinajstić information content (AvgIpc) is 3.44. The van der Waals surface area contributed by atoms with Crippen LogP contribution in [0.25, 0.3) is 0 Å². The molecule has 3 atom stereocenters. The number of nitrogens with zero attached hydrogens (tertiary/aromatic N) is 1. The molecule has 81 heavy (non-hydrogen) atoms. The number of nitrogens with one attached hydrogen (secondary N) is 1. The van der Waals surface area contributed by atoms with Gasteiger partial charge in [0.05, 0.1) is 33.8 Å². The third-order valence-electron chi connectivity index (χ3n) is 13.3. The Labute approximate surface area is 498 Å². The maximum Gasteiger partial charge on any atom is 0.306 e. The molecule has 0 rings (SSSR count). The van der Waals surface area contributed by atoms with Gasteiger partial charge in [0.25, 0.3) is 7.82 Å². The highest BCUT2D eigenvalue weighted by Crippen LogP contribution is 2.38. The second-order valence-electron chi connectivity index (χ2n) is 22.1. The molecule has 0 aliphatic heterocycles. The zero-order chi connectivity index (χ0) is 59.3. The molecule has 0 saturated carbocycles. The molecule has 460 valence electrons. The van der Waals surface area contributed by atoms with Crippen molar-refractivity contribution in [1.82, 2.24) is 5.32 Å². The number of amides is 1. The van der Waals surface area contributed by atoms with Crippen LogP contribution in [0, 0.1) is 0 Å². The van der Waals surface area contributed by atoms with E-state index < -0.39 is 32.5 Å². The highest BCUT2D eigenvalue weighted by Gasteiger charge is 2.27. The van der Waals surface area contributed by atoms with E-state index in [4.69, 9.17) is 13.8 Å². The molecule has 0 bridgehead atoms. The maximum absolute atomic E-state index is 13.6. The van der Waals surface area contributed by atoms with E-state index in [2.05, 4.69) is 160 Å². The van der Waals surface area contributed by atoms with Crippen LogP contribution in [0.4, 0.5) is 0 Å². The quantitative estimate of drug-likeness (QED) is 0.0212. The van der Waals surface area contributed by atoms with Crippen LogP contribution >= 0.6 is 7.82 Å². The van der Waals surface area contributed by atoms with Crippen LogP contribution in [0.3, 0.4) is 0 Å². The number of hydrogen-bond acceptors (Lipinski definition) is 7. The Morgan fingerprint density at radius 2 is 0.790 bits per heavy atom. The Balaban J connectivity index is 5.39. The molecule has 0 aromatic carbocycles. The number of ether oxygens (including phenoxy) is 1. The van der Waals surface area contributed by atoms with Gasteiger partial charge >= 0.3 is 5.97 Å². The summed E-state index contributed by atoms with van der Waals surface area (Å²) in [6, 6.07) is -0.929. The molecule has 9 nitrogen and oxygen atoms in total. The van der Waals surface area contributed by atoms with Gasteiger partial charge in [0.15, 0.2) is 0 Å². The second kappa shape index (κ2) is 59.1. The number of rotatable bonds is 56. The second-order valence-corrected chi connectivity index (χ2v) is 23.6. The van der Waals surface area contributed by atoms with Crippen molar-refractivity contribution in [3.05, 3.63) is 146 Å². The molecule has 0 aliphatic rings. The summed E-state index contributed by atoms with van der Waals surface area (Å²) in [5.74, 6) is -0.624. The van der Waals surface area contributed by atoms with Crippen LogP contribution in [-0.4, -0.2) is 69.4 Å². The van der Waals surface area contributed by atoms with Gasteiger partial charge in [-0.3, -0.25) is 14.2 Å². The van der Waals surface area contributed by atoms with Crippen molar-refractivity contribution >= 4 is 19.7 Å². The fourth-order valence-corrected chi connectivity index (χ4v) is 9.10. The van der Waals surface area contributed by atoms with Gasteiger partial charge < -0.3 is 28.5 Å². The monoisotopic (exact) mass is 1140 g/mol. The summed E-state index contributed by atoms with van der Waals surface area (Å²) in [5.41, 5.74) is 0. The summed E-state index contributed by atoms with van der Waals surface area (Å²) >= 11 is 0. The van der Waals surface area contributed by atoms with Crippen LogP contribution in [0.15, 0.2) is 146 Å². The molecule has 0 saturated heterocycles. The first-order chi connectivity index (χ1) is 39.4. The van der Waals surface area contributed by atoms with E-state index in [0.29, 0.717) is 23.9 Å². The van der Waals surface area contributed by atoms with Gasteiger partial charge in [-0.1, -0.05) is 244 Å². The Kier molecular flexibility index (Phi) is 56.1. The number of esters is 1. The van der Waals surface area contributed by atoms with E-state index in [1.165, 1.54) is 57.8 Å². The lowest BCUT2D eigenvalue weighted by Gasteiger charge is -2.30. The molecule has 0 spiro atoms. The van der Waals surface area contributed by atoms with Crippen LogP contribution in [0.5, 0.6) is 0 Å². The van der Waals surface area contributed by atoms with Gasteiger partial charge in [-0.15, -0.1) is 0 Å². The van der Waals surface area contributed by atoms with Gasteiger partial charge in [-0.05, 0) is 128 Å². The molecule has 3 unspecified atom stereocenters. The van der Waals surface area contributed by atoms with Crippen molar-refractivity contribution in [1.29, 1.82) is 0 Å². The van der Waals surface area contributed by atoms with E-state index in [9.17, 15) is 19.0 Å². The number of phosphoric ester groups is 1. The SMILES string of the molecule is CC/C=C\C/C=C\C/C=C\C/C=C\C/C=C\C/C=C\CCCCC(=O)OC(/C=C/CCCCCCCCCCCCC)C(COP(=O)([O-])OCC[N+](C)(C)C)NC(=O)CCCCCCC/C=C\C/C=C\C/C=C\C/C=C\C/C=C\CC. The average molecular weight is 1140 g/mol. The number of hydrogen-bond donors (Lipinski definition) is 1. The van der Waals surface area contributed by atoms with Gasteiger partial charge in [0, 0.05) is 12.8 Å². The predicted molar refractivity (Wildman–Crippen MR) is 348 cm³/mol. The standard InChI is InChI=1S/C71H119N2O7P/c1-7-10-13-16-19-22-25-28-30-32-34-36-38-40-42-45-48-51-54-57-60-63-70(74)72-68(67-79-81(76,77)78-66-65-73(4,5)6)69(62-59-56-53-50-47-44-27-24-21-18-15-12-9-3)80-71(75)64-61-58-55-52-49-46-43-41-39-37-35-33-31-29-26-23-20-17-14-11-8-2/h10-11,13-14,19-20,22-23,28-31,34-37,40-43,49,52,59,62,68-69H,7-9,12,15-18,21,24-27,32-33,38-39,44-48,50-51,53-58,60-61,63-67H2,1-6H3,(H-,72,74,76,77)/b13-10-,14-11-,22-19-,23-20-,30-28-,31-29-,36-34-,37-35-,42-40-,43-41-,52-49-,62-59+. The molecule has 0 aromatic heterocycles. The Morgan fingerprint density at radius 3 is 1.20 bits per heavy atom. The van der Waals surface area contributed by atoms with Crippen molar-refractivity contribution in [2.45, 2.75) is 251 Å². The maximum atomic E-state index is 13.6. The van der Waals surface area contributed by atoms with Crippen molar-refractivity contribution in [2.24, 2.45) is 0 Å². The minimum atomic E-state index is -4.73. The lowest BCUT2D eigenvalue weighted by atomic mass is 10.0. The zero-order valence-corrected chi connectivity index (χ0v) is 53.3. The Morgan fingerprint density at radius 1 is 0.444 bits per heavy atom. The number of phosphoric acid groups is 1. The Hall–Kier alpha value is -4.11. The van der Waals surface area contributed by atoms with Crippen molar-refractivity contribution < 1.29 is 37.3 Å². The topological polar surface area (TPSA) is 114 Å². The fraction of sp³-hybridized carbons (Fsp3) is 0.634. The number of likely N-dealkylation sites (N-methyl/N-ethyl adjacent to an activating group) is 1. The summed E-state index contributed by atoms with van der Waals surface area (Å²) in [6.07, 6.45) is 85.3.